The van der Waals surface area contributed by atoms with E-state index in [2.05, 4.69) is 129 Å². The van der Waals surface area contributed by atoms with Crippen LogP contribution in [0.15, 0.2) is 122 Å². The van der Waals surface area contributed by atoms with Crippen LogP contribution in [0.2, 0.25) is 0 Å². The highest BCUT2D eigenvalue weighted by atomic mass is 16.3. The van der Waals surface area contributed by atoms with Crippen LogP contribution in [0.3, 0.4) is 0 Å². The highest BCUT2D eigenvalue weighted by Gasteiger charge is 2.17. The zero-order chi connectivity index (χ0) is 35.0. The van der Waals surface area contributed by atoms with Crippen LogP contribution < -0.4 is 5.32 Å². The lowest BCUT2D eigenvalue weighted by Crippen LogP contribution is -2.45. The van der Waals surface area contributed by atoms with Gasteiger partial charge in [-0.05, 0) is 89.9 Å². The van der Waals surface area contributed by atoms with E-state index >= 15 is 0 Å². The molecule has 48 heavy (non-hydrogen) atoms. The Labute approximate surface area is 295 Å². The molecule has 0 bridgehead atoms. The second-order valence-electron chi connectivity index (χ2n) is 11.9. The van der Waals surface area contributed by atoms with Gasteiger partial charge in [-0.2, -0.15) is 0 Å². The molecule has 0 saturated carbocycles. The first kappa shape index (κ1) is 44.8. The number of carbonyl (C=O) groups is 1. The van der Waals surface area contributed by atoms with E-state index in [0.29, 0.717) is 6.42 Å². The number of nitrogens with one attached hydrogen (secondary N) is 1. The van der Waals surface area contributed by atoms with E-state index in [0.717, 1.165) is 103 Å². The van der Waals surface area contributed by atoms with Crippen LogP contribution in [-0.4, -0.2) is 34.9 Å². The summed E-state index contributed by atoms with van der Waals surface area (Å²) in [4.78, 5) is 12.2. The molecule has 0 heterocycles. The number of allylic oxidation sites excluding steroid dienone is 19. The highest BCUT2D eigenvalue weighted by molar-refractivity contribution is 5.76. The summed E-state index contributed by atoms with van der Waals surface area (Å²) in [6.45, 7) is 4.04. The van der Waals surface area contributed by atoms with Crippen molar-refractivity contribution in [2.45, 2.75) is 142 Å². The van der Waals surface area contributed by atoms with Crippen molar-refractivity contribution >= 4 is 5.91 Å². The lowest BCUT2D eigenvalue weighted by molar-refractivity contribution is -0.123. The third-order valence-electron chi connectivity index (χ3n) is 7.45. The molecule has 268 valence electrons. The molecule has 0 saturated heterocycles. The van der Waals surface area contributed by atoms with Gasteiger partial charge in [0, 0.05) is 6.42 Å². The molecular weight excluding hydrogens is 590 g/mol. The molecule has 3 N–H and O–H groups in total. The van der Waals surface area contributed by atoms with Gasteiger partial charge in [-0.25, -0.2) is 0 Å². The Balaban J connectivity index is 3.73. The van der Waals surface area contributed by atoms with Crippen molar-refractivity contribution in [1.82, 2.24) is 5.32 Å². The molecule has 4 nitrogen and oxygen atoms in total. The number of rotatable bonds is 31. The van der Waals surface area contributed by atoms with E-state index in [9.17, 15) is 15.0 Å². The van der Waals surface area contributed by atoms with Crippen molar-refractivity contribution in [3.63, 3.8) is 0 Å². The Morgan fingerprint density at radius 2 is 0.917 bits per heavy atom. The second kappa shape index (κ2) is 38.2. The predicted octanol–water partition coefficient (Wildman–Crippen LogP) is 11.4. The van der Waals surface area contributed by atoms with Crippen molar-refractivity contribution in [2.75, 3.05) is 6.61 Å². The summed E-state index contributed by atoms with van der Waals surface area (Å²) < 4.78 is 0. The van der Waals surface area contributed by atoms with E-state index in [1.807, 2.05) is 6.08 Å². The normalized spacial score (nSPS) is 14.5. The Morgan fingerprint density at radius 3 is 1.33 bits per heavy atom. The summed E-state index contributed by atoms with van der Waals surface area (Å²) in [6, 6.07) is -0.644. The number of hydrogen-bond acceptors (Lipinski definition) is 3. The van der Waals surface area contributed by atoms with Crippen LogP contribution in [0.25, 0.3) is 0 Å². The molecule has 0 aliphatic heterocycles. The molecule has 1 amide bonds. The monoisotopic (exact) mass is 660 g/mol. The van der Waals surface area contributed by atoms with Gasteiger partial charge in [-0.15, -0.1) is 0 Å². The lowest BCUT2D eigenvalue weighted by atomic mass is 10.1. The molecule has 0 spiro atoms. The van der Waals surface area contributed by atoms with Gasteiger partial charge in [0.25, 0.3) is 0 Å². The maximum Gasteiger partial charge on any atom is 0.220 e. The second-order valence-corrected chi connectivity index (χ2v) is 11.9. The smallest absolute Gasteiger partial charge is 0.220 e. The molecule has 0 aliphatic carbocycles. The molecular formula is C44H69NO3. The highest BCUT2D eigenvalue weighted by Crippen LogP contribution is 2.07. The van der Waals surface area contributed by atoms with Crippen molar-refractivity contribution < 1.29 is 15.0 Å². The van der Waals surface area contributed by atoms with Gasteiger partial charge in [-0.3, -0.25) is 4.79 Å². The summed E-state index contributed by atoms with van der Waals surface area (Å²) in [7, 11) is 0. The maximum absolute atomic E-state index is 12.2. The first-order valence-corrected chi connectivity index (χ1v) is 18.7. The number of carbonyl (C=O) groups excluding carboxylic acids is 1. The summed E-state index contributed by atoms with van der Waals surface area (Å²) in [5.41, 5.74) is 0. The number of hydrogen-bond donors (Lipinski definition) is 3. The van der Waals surface area contributed by atoms with Gasteiger partial charge in [0.1, 0.15) is 0 Å². The molecule has 0 aromatic heterocycles. The van der Waals surface area contributed by atoms with E-state index in [1.54, 1.807) is 6.08 Å². The zero-order valence-electron chi connectivity index (χ0n) is 30.4. The van der Waals surface area contributed by atoms with Crippen LogP contribution in [0, 0.1) is 0 Å². The molecule has 0 radical (unpaired) electrons. The topological polar surface area (TPSA) is 69.6 Å². The van der Waals surface area contributed by atoms with Crippen LogP contribution in [0.4, 0.5) is 0 Å². The minimum atomic E-state index is -0.857. The maximum atomic E-state index is 12.2. The first-order chi connectivity index (χ1) is 23.7. The molecule has 2 unspecified atom stereocenters. The van der Waals surface area contributed by atoms with Crippen molar-refractivity contribution in [3.05, 3.63) is 122 Å². The summed E-state index contributed by atoms with van der Waals surface area (Å²) in [5.74, 6) is -0.112. The number of amides is 1. The van der Waals surface area contributed by atoms with Gasteiger partial charge in [0.2, 0.25) is 5.91 Å². The fraction of sp³-hybridized carbons (Fsp3) is 0.523. The predicted molar refractivity (Wildman–Crippen MR) is 211 cm³/mol. The van der Waals surface area contributed by atoms with Crippen molar-refractivity contribution in [2.24, 2.45) is 0 Å². The number of aliphatic hydroxyl groups excluding tert-OH is 2. The van der Waals surface area contributed by atoms with Gasteiger partial charge in [0.15, 0.2) is 0 Å². The van der Waals surface area contributed by atoms with E-state index < -0.39 is 12.1 Å². The minimum Gasteiger partial charge on any atom is -0.394 e. The number of unbranched alkanes of at least 4 members (excludes halogenated alkanes) is 6. The lowest BCUT2D eigenvalue weighted by Gasteiger charge is -2.19. The average Bonchev–Trinajstić information content (AvgIpc) is 3.09. The molecule has 0 aromatic rings. The van der Waals surface area contributed by atoms with Crippen LogP contribution in [-0.2, 0) is 4.79 Å². The molecule has 2 atom stereocenters. The van der Waals surface area contributed by atoms with E-state index in [1.165, 1.54) is 6.42 Å². The SMILES string of the molecule is CC/C=C\C/C=C\C/C=C\C/C=C\C/C=C\C/C=C\C/C=C\C/C=C\C/C=C\CCCCCC(=O)NC(CO)C(O)/C=C/CCCCC. The van der Waals surface area contributed by atoms with Gasteiger partial charge < -0.3 is 15.5 Å². The van der Waals surface area contributed by atoms with Gasteiger partial charge in [-0.1, -0.05) is 155 Å². The fourth-order valence-corrected chi connectivity index (χ4v) is 4.58. The molecule has 0 aliphatic rings. The third kappa shape index (κ3) is 34.1. The Kier molecular flexibility index (Phi) is 35.7. The Morgan fingerprint density at radius 1 is 0.521 bits per heavy atom. The average molecular weight is 660 g/mol. The van der Waals surface area contributed by atoms with Crippen LogP contribution in [0.1, 0.15) is 129 Å². The quantitative estimate of drug-likeness (QED) is 0.0512. The largest absolute Gasteiger partial charge is 0.394 e. The minimum absolute atomic E-state index is 0.112. The first-order valence-electron chi connectivity index (χ1n) is 18.7. The standard InChI is InChI=1S/C44H69NO3/c1-3-5-7-9-10-11-12-13-14-15-16-17-18-19-20-21-22-23-24-25-26-27-28-29-30-31-32-33-34-36-38-40-44(48)45-42(41-46)43(47)39-37-35-8-6-4-2/h5,7,10-11,13-14,16-17,19-20,22-23,25-26,28-29,31-32,37,39,42-43,46-47H,3-4,6,8-9,12,15,18,21,24,27,30,33-36,38,40-41H2,1-2H3,(H,45,48)/b7-5-,11-10-,14-13-,17-16-,20-19-,23-22-,26-25-,29-28-,32-31-,39-37+. The summed E-state index contributed by atoms with van der Waals surface area (Å²) in [6.07, 6.45) is 60.3. The molecule has 0 aromatic carbocycles. The van der Waals surface area contributed by atoms with Crippen LogP contribution >= 0.6 is 0 Å². The Hall–Kier alpha value is -3.21. The van der Waals surface area contributed by atoms with Gasteiger partial charge >= 0.3 is 0 Å². The molecule has 0 rings (SSSR count). The third-order valence-corrected chi connectivity index (χ3v) is 7.45. The van der Waals surface area contributed by atoms with Crippen molar-refractivity contribution in [3.8, 4) is 0 Å². The molecule has 4 heteroatoms. The summed E-state index contributed by atoms with van der Waals surface area (Å²) >= 11 is 0. The summed E-state index contributed by atoms with van der Waals surface area (Å²) in [5, 5.41) is 22.5. The Bertz CT molecular complexity index is 1020. The van der Waals surface area contributed by atoms with Crippen LogP contribution in [0.5, 0.6) is 0 Å². The zero-order valence-corrected chi connectivity index (χ0v) is 30.4. The van der Waals surface area contributed by atoms with E-state index in [4.69, 9.17) is 0 Å². The molecule has 0 fully saturated rings. The van der Waals surface area contributed by atoms with Crippen molar-refractivity contribution in [1.29, 1.82) is 0 Å². The van der Waals surface area contributed by atoms with Gasteiger partial charge in [0.05, 0.1) is 18.8 Å². The van der Waals surface area contributed by atoms with E-state index in [-0.39, 0.29) is 12.5 Å². The fourth-order valence-electron chi connectivity index (χ4n) is 4.58. The number of aliphatic hydroxyl groups is 2.